The molecule has 0 aliphatic rings. The molecule has 0 radical (unpaired) electrons. The van der Waals surface area contributed by atoms with Gasteiger partial charge >= 0.3 is 0 Å². The van der Waals surface area contributed by atoms with Crippen LogP contribution in [0, 0.1) is 0 Å². The minimum Gasteiger partial charge on any atom is -0.392 e. The molecule has 0 fully saturated rings. The number of benzene rings is 1. The number of carbonyl (C=O) groups is 1. The van der Waals surface area contributed by atoms with Gasteiger partial charge in [-0.15, -0.1) is 0 Å². The molecule has 0 bridgehead atoms. The largest absolute Gasteiger partial charge is 0.392 e. The fraction of sp³-hybridized carbons (Fsp3) is 0.278. The number of likely N-dealkylation sites (N-methyl/N-ethyl adjacent to an activating group) is 1. The second-order valence-electron chi connectivity index (χ2n) is 6.25. The minimum atomic E-state index is -0.652. The van der Waals surface area contributed by atoms with E-state index in [2.05, 4.69) is 4.98 Å². The molecule has 0 spiro atoms. The summed E-state index contributed by atoms with van der Waals surface area (Å²) in [6.07, 6.45) is 2.58. The van der Waals surface area contributed by atoms with Gasteiger partial charge in [0, 0.05) is 43.6 Å². The highest BCUT2D eigenvalue weighted by molar-refractivity contribution is 6.33. The van der Waals surface area contributed by atoms with Gasteiger partial charge < -0.3 is 14.6 Å². The predicted molar refractivity (Wildman–Crippen MR) is 99.5 cm³/mol. The second kappa shape index (κ2) is 6.93. The lowest BCUT2D eigenvalue weighted by molar-refractivity contribution is 0.0699. The van der Waals surface area contributed by atoms with Crippen LogP contribution in [0.5, 0.6) is 0 Å². The Labute approximate surface area is 155 Å². The molecule has 0 aliphatic carbocycles. The molecule has 0 saturated carbocycles. The zero-order chi connectivity index (χ0) is 19.0. The average molecular weight is 375 g/mol. The molecule has 1 amide bonds. The molecule has 7 nitrogen and oxygen atoms in total. The molecule has 3 rings (SSSR count). The van der Waals surface area contributed by atoms with Crippen molar-refractivity contribution in [1.82, 2.24) is 18.9 Å². The van der Waals surface area contributed by atoms with Crippen molar-refractivity contribution >= 4 is 23.2 Å². The van der Waals surface area contributed by atoms with Crippen LogP contribution in [0.15, 0.2) is 41.5 Å². The van der Waals surface area contributed by atoms with Crippen LogP contribution in [0.25, 0.3) is 16.9 Å². The van der Waals surface area contributed by atoms with E-state index in [0.717, 1.165) is 0 Å². The van der Waals surface area contributed by atoms with E-state index in [4.69, 9.17) is 11.6 Å². The lowest BCUT2D eigenvalue weighted by atomic mass is 10.1. The summed E-state index contributed by atoms with van der Waals surface area (Å²) in [6, 6.07) is 7.22. The van der Waals surface area contributed by atoms with Gasteiger partial charge in [0.1, 0.15) is 5.69 Å². The molecule has 26 heavy (non-hydrogen) atoms. The van der Waals surface area contributed by atoms with Crippen molar-refractivity contribution in [2.45, 2.75) is 13.0 Å². The standard InChI is InChI=1S/C18H19ClN4O3/c1-11(24)8-21(2)17(25)14-9-23-10-15(12-6-4-5-7-13(12)19)22(3)18(26)16(23)20-14/h4-7,9-11,24H,8H2,1-3H3. The van der Waals surface area contributed by atoms with Gasteiger partial charge in [-0.1, -0.05) is 29.8 Å². The van der Waals surface area contributed by atoms with Gasteiger partial charge in [0.25, 0.3) is 11.5 Å². The Balaban J connectivity index is 2.11. The number of carbonyl (C=O) groups excluding carboxylic acids is 1. The number of hydrogen-bond donors (Lipinski definition) is 1. The number of nitrogens with zero attached hydrogens (tertiary/aromatic N) is 4. The number of fused-ring (bicyclic) bond motifs is 1. The zero-order valence-corrected chi connectivity index (χ0v) is 15.4. The first-order valence-corrected chi connectivity index (χ1v) is 8.44. The Morgan fingerprint density at radius 1 is 1.35 bits per heavy atom. The molecule has 136 valence electrons. The summed E-state index contributed by atoms with van der Waals surface area (Å²) in [5.74, 6) is -0.365. The van der Waals surface area contributed by atoms with E-state index < -0.39 is 6.10 Å². The predicted octanol–water partition coefficient (Wildman–Crippen LogP) is 1.81. The fourth-order valence-corrected chi connectivity index (χ4v) is 3.06. The maximum absolute atomic E-state index is 12.7. The number of aliphatic hydroxyl groups is 1. The van der Waals surface area contributed by atoms with Crippen molar-refractivity contribution in [3.05, 3.63) is 57.7 Å². The highest BCUT2D eigenvalue weighted by Gasteiger charge is 2.19. The van der Waals surface area contributed by atoms with Crippen molar-refractivity contribution in [3.63, 3.8) is 0 Å². The van der Waals surface area contributed by atoms with E-state index in [-0.39, 0.29) is 29.4 Å². The van der Waals surface area contributed by atoms with Crippen LogP contribution in [-0.2, 0) is 7.05 Å². The third kappa shape index (κ3) is 3.23. The summed E-state index contributed by atoms with van der Waals surface area (Å²) in [5, 5.41) is 9.97. The van der Waals surface area contributed by atoms with Crippen LogP contribution in [-0.4, -0.2) is 49.6 Å². The molecule has 0 aliphatic heterocycles. The lowest BCUT2D eigenvalue weighted by Crippen LogP contribution is -2.33. The van der Waals surface area contributed by atoms with Crippen molar-refractivity contribution in [2.24, 2.45) is 7.05 Å². The maximum Gasteiger partial charge on any atom is 0.294 e. The molecule has 2 heterocycles. The molecule has 8 heteroatoms. The Morgan fingerprint density at radius 2 is 2.04 bits per heavy atom. The van der Waals surface area contributed by atoms with E-state index in [1.54, 1.807) is 33.3 Å². The van der Waals surface area contributed by atoms with E-state index >= 15 is 0 Å². The van der Waals surface area contributed by atoms with E-state index in [1.807, 2.05) is 18.2 Å². The van der Waals surface area contributed by atoms with Crippen LogP contribution in [0.1, 0.15) is 17.4 Å². The second-order valence-corrected chi connectivity index (χ2v) is 6.66. The number of amides is 1. The van der Waals surface area contributed by atoms with Gasteiger partial charge in [0.2, 0.25) is 5.65 Å². The van der Waals surface area contributed by atoms with Crippen molar-refractivity contribution in [3.8, 4) is 11.3 Å². The lowest BCUT2D eigenvalue weighted by Gasteiger charge is -2.17. The Hall–Kier alpha value is -2.64. The number of rotatable bonds is 4. The summed E-state index contributed by atoms with van der Waals surface area (Å²) >= 11 is 6.26. The summed E-state index contributed by atoms with van der Waals surface area (Å²) < 4.78 is 2.99. The summed E-state index contributed by atoms with van der Waals surface area (Å²) in [4.78, 5) is 30.7. The van der Waals surface area contributed by atoms with Crippen molar-refractivity contribution < 1.29 is 9.90 Å². The molecule has 3 aromatic rings. The highest BCUT2D eigenvalue weighted by atomic mass is 35.5. The maximum atomic E-state index is 12.7. The molecular weight excluding hydrogens is 356 g/mol. The van der Waals surface area contributed by atoms with Gasteiger partial charge in [-0.05, 0) is 13.0 Å². The fourth-order valence-electron chi connectivity index (χ4n) is 2.82. The van der Waals surface area contributed by atoms with E-state index in [1.165, 1.54) is 20.1 Å². The molecule has 0 saturated heterocycles. The van der Waals surface area contributed by atoms with Gasteiger partial charge in [0.05, 0.1) is 11.8 Å². The Morgan fingerprint density at radius 3 is 2.69 bits per heavy atom. The van der Waals surface area contributed by atoms with E-state index in [0.29, 0.717) is 16.3 Å². The van der Waals surface area contributed by atoms with Crippen LogP contribution >= 0.6 is 11.6 Å². The van der Waals surface area contributed by atoms with E-state index in [9.17, 15) is 14.7 Å². The van der Waals surface area contributed by atoms with Crippen LogP contribution in [0.2, 0.25) is 5.02 Å². The van der Waals surface area contributed by atoms with Crippen molar-refractivity contribution in [1.29, 1.82) is 0 Å². The number of imidazole rings is 1. The number of halogens is 1. The van der Waals surface area contributed by atoms with Crippen LogP contribution < -0.4 is 5.56 Å². The summed E-state index contributed by atoms with van der Waals surface area (Å²) in [6.45, 7) is 1.77. The van der Waals surface area contributed by atoms with Gasteiger partial charge in [-0.3, -0.25) is 14.0 Å². The number of hydrogen-bond acceptors (Lipinski definition) is 4. The zero-order valence-electron chi connectivity index (χ0n) is 14.7. The first-order valence-electron chi connectivity index (χ1n) is 8.06. The van der Waals surface area contributed by atoms with Gasteiger partial charge in [-0.25, -0.2) is 4.98 Å². The first kappa shape index (κ1) is 18.2. The topological polar surface area (TPSA) is 79.8 Å². The third-order valence-electron chi connectivity index (χ3n) is 4.10. The quantitative estimate of drug-likeness (QED) is 0.755. The molecule has 2 aromatic heterocycles. The molecular formula is C18H19ClN4O3. The van der Waals surface area contributed by atoms with Crippen LogP contribution in [0.3, 0.4) is 0 Å². The monoisotopic (exact) mass is 374 g/mol. The highest BCUT2D eigenvalue weighted by Crippen LogP contribution is 2.26. The summed E-state index contributed by atoms with van der Waals surface area (Å²) in [7, 11) is 3.21. The first-order chi connectivity index (χ1) is 12.3. The molecule has 1 N–H and O–H groups in total. The summed E-state index contributed by atoms with van der Waals surface area (Å²) in [5.41, 5.74) is 1.28. The normalized spacial score (nSPS) is 12.3. The number of aromatic nitrogens is 3. The third-order valence-corrected chi connectivity index (χ3v) is 4.43. The van der Waals surface area contributed by atoms with Crippen molar-refractivity contribution in [2.75, 3.05) is 13.6 Å². The number of aliphatic hydroxyl groups excluding tert-OH is 1. The minimum absolute atomic E-state index is 0.140. The average Bonchev–Trinajstić information content (AvgIpc) is 3.01. The van der Waals surface area contributed by atoms with Gasteiger partial charge in [-0.2, -0.15) is 0 Å². The molecule has 1 atom stereocenters. The SMILES string of the molecule is CC(O)CN(C)C(=O)c1cn2cc(-c3ccccc3Cl)n(C)c(=O)c2n1. The molecule has 1 unspecified atom stereocenters. The molecule has 1 aromatic carbocycles. The van der Waals surface area contributed by atoms with Crippen LogP contribution in [0.4, 0.5) is 0 Å². The smallest absolute Gasteiger partial charge is 0.294 e. The van der Waals surface area contributed by atoms with Gasteiger partial charge in [0.15, 0.2) is 0 Å². The Bertz CT molecular complexity index is 1040. The Kier molecular flexibility index (Phi) is 4.84.